The number of carbonyl (C=O) groups excluding carboxylic acids is 9. The number of nitrogens with one attached hydrogen (secondary N) is 5. The highest BCUT2D eigenvalue weighted by molar-refractivity contribution is 6.30. The van der Waals surface area contributed by atoms with Crippen LogP contribution in [-0.2, 0) is 99.3 Å². The number of benzene rings is 9. The average molecular weight is 2010 g/mol. The Hall–Kier alpha value is -11.8. The number of nitrogens with two attached hydrogens (primary N) is 3. The maximum absolute atomic E-state index is 14.3. The molecular weight excluding hydrogens is 1860 g/mol. The van der Waals surface area contributed by atoms with Gasteiger partial charge in [-0.2, -0.15) is 0 Å². The van der Waals surface area contributed by atoms with Crippen molar-refractivity contribution in [2.75, 3.05) is 113 Å². The van der Waals surface area contributed by atoms with Crippen molar-refractivity contribution in [1.82, 2.24) is 65.8 Å². The standard InChI is InChI=1S/C33H41FN4O4.C29H40N4O2.C26H34ClFN4O2.C26H34F2N4O2/c1-4-7-28-21-37(30(32(40)35-2)20-24-10-13-25-8-5-6-9-26(25)18-24)16-17-38(28)33(41)29(36-31(39)22-42-3)19-23-11-14-27(34)15-12-23;1-3-7-25-20-32(27(28(34)31-24-14-15-24)19-22-8-5-4-6-9-22)16-17-33(25)29(35)26(30)18-23-12-10-21(2)11-13-23;1-3-5-22-17-31(24(25(33)30-2)16-19-6-4-7-20(27)14-19)12-13-32(22)26(34)23(29)15-18-8-10-21(28)11-9-18;1-3-6-21-17-31(24(25(33)30-2)16-19-7-4-5-8-22(19)28)13-14-32(21)26(34)23(29)15-18-9-11-20(27)12-10-18/h5-6,8-15,18,28-30H,4,7,16-17,19-22H2,1-3H3,(H,35,40)(H,36,39);4-6,8-13,24-27H,3,7,14-20,30H2,1-2H3,(H,31,34);4,6-11,14,22-24H,3,5,12-13,15-17,29H2,1-2H3,(H,30,33);4-5,7-12,21,23-24H,3,6,13-17,29H2,1-2H3,(H,30,33). The van der Waals surface area contributed by atoms with Crippen LogP contribution in [-0.4, -0.2) is 284 Å². The van der Waals surface area contributed by atoms with Gasteiger partial charge >= 0.3 is 0 Å². The predicted molar refractivity (Wildman–Crippen MR) is 562 cm³/mol. The fraction of sp³-hybridized carbons (Fsp3) is 0.465. The predicted octanol–water partition coefficient (Wildman–Crippen LogP) is 11.9. The molecule has 14 rings (SSSR count). The van der Waals surface area contributed by atoms with Crippen LogP contribution in [0.25, 0.3) is 10.8 Å². The van der Waals surface area contributed by atoms with E-state index in [2.05, 4.69) is 143 Å². The van der Waals surface area contributed by atoms with E-state index in [-0.39, 0.29) is 132 Å². The van der Waals surface area contributed by atoms with Gasteiger partial charge in [0.05, 0.1) is 42.3 Å². The number of aryl methyl sites for hydroxylation is 1. The van der Waals surface area contributed by atoms with Gasteiger partial charge in [-0.1, -0.05) is 234 Å². The maximum atomic E-state index is 14.3. The topological polar surface area (TPSA) is 327 Å². The van der Waals surface area contributed by atoms with Gasteiger partial charge in [0.1, 0.15) is 35.9 Å². The molecule has 1 aliphatic carbocycles. The second-order valence-corrected chi connectivity index (χ2v) is 39.3. The van der Waals surface area contributed by atoms with Crippen molar-refractivity contribution in [3.8, 4) is 0 Å². The van der Waals surface area contributed by atoms with Gasteiger partial charge < -0.3 is 68.1 Å². The third kappa shape index (κ3) is 33.9. The summed E-state index contributed by atoms with van der Waals surface area (Å²) in [4.78, 5) is 135. The number of piperazine rings is 4. The normalized spacial score (nSPS) is 18.5. The first-order valence-corrected chi connectivity index (χ1v) is 51.8. The van der Waals surface area contributed by atoms with Crippen LogP contribution >= 0.6 is 11.6 Å². The molecule has 0 bridgehead atoms. The lowest BCUT2D eigenvalue weighted by atomic mass is 9.97. The summed E-state index contributed by atoms with van der Waals surface area (Å²) in [7, 11) is 6.30. The molecular formula is C114H149ClF4N16O10. The molecule has 4 saturated heterocycles. The van der Waals surface area contributed by atoms with Gasteiger partial charge in [-0.15, -0.1) is 0 Å². The summed E-state index contributed by atoms with van der Waals surface area (Å²) < 4.78 is 59.2. The van der Waals surface area contributed by atoms with Crippen molar-refractivity contribution in [2.24, 2.45) is 17.2 Å². The number of rotatable bonds is 40. The number of likely N-dealkylation sites (N-methyl/N-ethyl adjacent to an activating group) is 3. The fourth-order valence-corrected chi connectivity index (χ4v) is 20.4. The summed E-state index contributed by atoms with van der Waals surface area (Å²) >= 11 is 6.15. The minimum absolute atomic E-state index is 0.0192. The van der Waals surface area contributed by atoms with E-state index >= 15 is 0 Å². The zero-order chi connectivity index (χ0) is 104. The van der Waals surface area contributed by atoms with Crippen LogP contribution in [0.5, 0.6) is 0 Å². The quantitative estimate of drug-likeness (QED) is 0.0165. The molecule has 12 atom stereocenters. The van der Waals surface area contributed by atoms with Crippen LogP contribution in [0.3, 0.4) is 0 Å². The first-order chi connectivity index (χ1) is 69.9. The lowest BCUT2D eigenvalue weighted by Gasteiger charge is -2.45. The lowest BCUT2D eigenvalue weighted by Crippen LogP contribution is -2.63. The molecule has 4 heterocycles. The van der Waals surface area contributed by atoms with Crippen molar-refractivity contribution in [3.05, 3.63) is 297 Å². The van der Waals surface area contributed by atoms with Crippen LogP contribution in [0.15, 0.2) is 218 Å². The van der Waals surface area contributed by atoms with Gasteiger partial charge in [-0.25, -0.2) is 17.6 Å². The molecule has 12 unspecified atom stereocenters. The van der Waals surface area contributed by atoms with E-state index in [4.69, 9.17) is 33.5 Å². The number of ether oxygens (including phenoxy) is 1. The summed E-state index contributed by atoms with van der Waals surface area (Å²) in [6, 6.07) is 60.8. The van der Waals surface area contributed by atoms with E-state index in [0.29, 0.717) is 134 Å². The minimum Gasteiger partial charge on any atom is -0.375 e. The molecule has 145 heavy (non-hydrogen) atoms. The van der Waals surface area contributed by atoms with E-state index in [1.165, 1.54) is 55.1 Å². The summed E-state index contributed by atoms with van der Waals surface area (Å²) in [6.07, 6.45) is 12.5. The maximum Gasteiger partial charge on any atom is 0.246 e. The minimum atomic E-state index is -0.823. The van der Waals surface area contributed by atoms with Gasteiger partial charge in [0, 0.05) is 148 Å². The van der Waals surface area contributed by atoms with E-state index in [0.717, 1.165) is 114 Å². The third-order valence-corrected chi connectivity index (χ3v) is 28.3. The van der Waals surface area contributed by atoms with E-state index < -0.39 is 36.1 Å². The Kier molecular flexibility index (Phi) is 44.9. The Balaban J connectivity index is 0.000000185. The summed E-state index contributed by atoms with van der Waals surface area (Å²) in [5.41, 5.74) is 27.3. The Labute approximate surface area is 858 Å². The zero-order valence-electron chi connectivity index (χ0n) is 85.5. The highest BCUT2D eigenvalue weighted by Crippen LogP contribution is 2.30. The highest BCUT2D eigenvalue weighted by atomic mass is 35.5. The smallest absolute Gasteiger partial charge is 0.246 e. The van der Waals surface area contributed by atoms with Gasteiger partial charge in [0.2, 0.25) is 53.2 Å². The largest absolute Gasteiger partial charge is 0.375 e. The number of hydrogen-bond donors (Lipinski definition) is 8. The second kappa shape index (κ2) is 57.3. The number of fused-ring (bicyclic) bond motifs is 1. The fourth-order valence-electron chi connectivity index (χ4n) is 20.1. The van der Waals surface area contributed by atoms with Crippen LogP contribution in [0.2, 0.25) is 5.02 Å². The average Bonchev–Trinajstić information content (AvgIpc) is 1.78. The third-order valence-electron chi connectivity index (χ3n) is 28.0. The molecule has 4 aliphatic heterocycles. The van der Waals surface area contributed by atoms with Crippen molar-refractivity contribution >= 4 is 75.5 Å². The first-order valence-electron chi connectivity index (χ1n) is 51.4. The number of halogens is 5. The van der Waals surface area contributed by atoms with E-state index in [9.17, 15) is 60.7 Å². The first kappa shape index (κ1) is 113. The van der Waals surface area contributed by atoms with Crippen LogP contribution in [0, 0.1) is 30.2 Å². The molecule has 9 amide bonds. The Morgan fingerprint density at radius 3 is 1.12 bits per heavy atom. The number of carbonyl (C=O) groups is 9. The van der Waals surface area contributed by atoms with Crippen LogP contribution < -0.4 is 43.8 Å². The Morgan fingerprint density at radius 1 is 0.372 bits per heavy atom. The Bertz CT molecular complexity index is 5650. The van der Waals surface area contributed by atoms with Crippen molar-refractivity contribution in [2.45, 2.75) is 229 Å². The Morgan fingerprint density at radius 2 is 0.717 bits per heavy atom. The molecule has 26 nitrogen and oxygen atoms in total. The molecule has 31 heteroatoms. The molecule has 9 aromatic rings. The van der Waals surface area contributed by atoms with E-state index in [1.807, 2.05) is 79.1 Å². The van der Waals surface area contributed by atoms with Crippen molar-refractivity contribution < 1.29 is 65.4 Å². The SMILES string of the molecule is CCCC1CN(C(Cc2ccc3ccccc3c2)C(=O)NC)CCN1C(=O)C(Cc1ccc(F)cc1)NC(=O)COC.CCCC1CN(C(Cc2cccc(Cl)c2)C(=O)NC)CCN1C(=O)C(N)Cc1ccc(F)cc1.CCCC1CN(C(Cc2ccccc2)C(=O)NC2CC2)CCN1C(=O)C(N)Cc1ccc(C)cc1.CCCC1CN(C(Cc2ccccc2F)C(=O)NC)CCN1C(=O)C(N)Cc1ccc(F)cc1. The monoisotopic (exact) mass is 2010 g/mol. The molecule has 0 aromatic heterocycles. The number of nitrogens with zero attached hydrogens (tertiary/aromatic N) is 8. The van der Waals surface area contributed by atoms with Crippen LogP contribution in [0.1, 0.15) is 142 Å². The second-order valence-electron chi connectivity index (χ2n) is 38.8. The number of methoxy groups -OCH3 is 1. The highest BCUT2D eigenvalue weighted by Gasteiger charge is 2.44. The molecule has 780 valence electrons. The van der Waals surface area contributed by atoms with Gasteiger partial charge in [-0.3, -0.25) is 62.8 Å². The summed E-state index contributed by atoms with van der Waals surface area (Å²) in [5.74, 6) is -2.31. The van der Waals surface area contributed by atoms with Gasteiger partial charge in [-0.05, 0) is 200 Å². The molecule has 0 spiro atoms. The molecule has 0 radical (unpaired) electrons. The molecule has 11 N–H and O–H groups in total. The molecule has 5 fully saturated rings. The van der Waals surface area contributed by atoms with Gasteiger partial charge in [0.25, 0.3) is 0 Å². The number of amides is 9. The van der Waals surface area contributed by atoms with Crippen molar-refractivity contribution in [3.63, 3.8) is 0 Å². The van der Waals surface area contributed by atoms with Crippen LogP contribution in [0.4, 0.5) is 17.6 Å². The molecule has 9 aromatic carbocycles. The number of hydrogen-bond acceptors (Lipinski definition) is 17. The summed E-state index contributed by atoms with van der Waals surface area (Å²) in [5, 5.41) is 17.3. The van der Waals surface area contributed by atoms with E-state index in [1.54, 1.807) is 75.7 Å². The molecule has 5 aliphatic rings. The lowest BCUT2D eigenvalue weighted by molar-refractivity contribution is -0.143. The van der Waals surface area contributed by atoms with Gasteiger partial charge in [0.15, 0.2) is 0 Å². The van der Waals surface area contributed by atoms with Crippen molar-refractivity contribution in [1.29, 1.82) is 0 Å². The molecule has 1 saturated carbocycles. The summed E-state index contributed by atoms with van der Waals surface area (Å²) in [6.45, 7) is 16.8. The zero-order valence-corrected chi connectivity index (χ0v) is 86.2.